The summed E-state index contributed by atoms with van der Waals surface area (Å²) in [4.78, 5) is 25.9. The summed E-state index contributed by atoms with van der Waals surface area (Å²) in [5, 5.41) is 2.82. The molecule has 2 aromatic carbocycles. The summed E-state index contributed by atoms with van der Waals surface area (Å²) in [6.45, 7) is 1.65. The van der Waals surface area contributed by atoms with Crippen molar-refractivity contribution in [3.05, 3.63) is 64.7 Å². The van der Waals surface area contributed by atoms with Crippen molar-refractivity contribution in [3.8, 4) is 0 Å². The number of carbonyl (C=O) groups is 2. The summed E-state index contributed by atoms with van der Waals surface area (Å²) in [6.07, 6.45) is -3.96. The van der Waals surface area contributed by atoms with Crippen LogP contribution in [0.2, 0.25) is 5.02 Å². The van der Waals surface area contributed by atoms with Gasteiger partial charge in [0.1, 0.15) is 0 Å². The number of benzene rings is 2. The molecule has 0 atom stereocenters. The number of halogens is 4. The number of para-hydroxylation sites is 1. The van der Waals surface area contributed by atoms with Gasteiger partial charge in [-0.25, -0.2) is 0 Å². The third kappa shape index (κ3) is 6.27. The number of hydrogen-bond acceptors (Lipinski definition) is 2. The number of aryl methyl sites for hydroxylation is 1. The van der Waals surface area contributed by atoms with Crippen LogP contribution in [0.4, 0.5) is 18.9 Å². The van der Waals surface area contributed by atoms with E-state index in [0.29, 0.717) is 11.4 Å². The minimum absolute atomic E-state index is 0.167. The fourth-order valence-electron chi connectivity index (χ4n) is 2.68. The van der Waals surface area contributed by atoms with Gasteiger partial charge in [0.05, 0.1) is 17.8 Å². The van der Waals surface area contributed by atoms with Crippen molar-refractivity contribution in [1.29, 1.82) is 0 Å². The monoisotopic (exact) mass is 412 g/mol. The first-order chi connectivity index (χ1) is 13.2. The fourth-order valence-corrected chi connectivity index (χ4v) is 2.89. The quantitative estimate of drug-likeness (QED) is 0.711. The fraction of sp³-hybridized carbons (Fsp3) is 0.300. The number of anilines is 1. The molecule has 0 fully saturated rings. The second-order valence-corrected chi connectivity index (χ2v) is 6.57. The Hall–Kier alpha value is -2.54. The largest absolute Gasteiger partial charge is 0.418 e. The predicted molar refractivity (Wildman–Crippen MR) is 102 cm³/mol. The zero-order valence-electron chi connectivity index (χ0n) is 15.2. The molecule has 0 radical (unpaired) electrons. The van der Waals surface area contributed by atoms with Crippen molar-refractivity contribution < 1.29 is 22.8 Å². The van der Waals surface area contributed by atoms with E-state index in [0.717, 1.165) is 11.6 Å². The number of alkyl halides is 3. The number of nitrogens with one attached hydrogen (secondary N) is 1. The van der Waals surface area contributed by atoms with E-state index in [1.54, 1.807) is 25.1 Å². The Bertz CT molecular complexity index is 840. The molecule has 0 saturated carbocycles. The summed E-state index contributed by atoms with van der Waals surface area (Å²) in [7, 11) is 0. The van der Waals surface area contributed by atoms with Crippen molar-refractivity contribution in [2.45, 2.75) is 25.9 Å². The molecular weight excluding hydrogens is 393 g/mol. The number of likely N-dealkylation sites (N-methyl/N-ethyl adjacent to an activating group) is 1. The van der Waals surface area contributed by atoms with E-state index in [4.69, 9.17) is 11.6 Å². The summed E-state index contributed by atoms with van der Waals surface area (Å²) >= 11 is 5.91. The van der Waals surface area contributed by atoms with Crippen molar-refractivity contribution in [1.82, 2.24) is 4.90 Å². The van der Waals surface area contributed by atoms with Crippen LogP contribution in [-0.2, 0) is 22.2 Å². The van der Waals surface area contributed by atoms with Gasteiger partial charge in [-0.1, -0.05) is 35.9 Å². The molecule has 0 aliphatic carbocycles. The highest BCUT2D eigenvalue weighted by Gasteiger charge is 2.33. The molecule has 8 heteroatoms. The van der Waals surface area contributed by atoms with E-state index in [1.165, 1.54) is 23.1 Å². The lowest BCUT2D eigenvalue weighted by Gasteiger charge is -2.21. The molecule has 1 N–H and O–H groups in total. The number of nitrogens with zero attached hydrogens (tertiary/aromatic N) is 1. The Kier molecular flexibility index (Phi) is 7.45. The highest BCUT2D eigenvalue weighted by atomic mass is 35.5. The van der Waals surface area contributed by atoms with Gasteiger partial charge in [-0.05, 0) is 43.2 Å². The molecule has 0 aromatic heterocycles. The van der Waals surface area contributed by atoms with Crippen LogP contribution < -0.4 is 5.32 Å². The zero-order valence-corrected chi connectivity index (χ0v) is 16.0. The van der Waals surface area contributed by atoms with Crippen LogP contribution in [0.5, 0.6) is 0 Å². The van der Waals surface area contributed by atoms with Crippen LogP contribution in [0.3, 0.4) is 0 Å². The molecule has 2 aromatic rings. The number of amides is 2. The first-order valence-electron chi connectivity index (χ1n) is 8.69. The summed E-state index contributed by atoms with van der Waals surface area (Å²) in [5.74, 6) is -0.948. The van der Waals surface area contributed by atoms with Crippen LogP contribution >= 0.6 is 11.6 Å². The van der Waals surface area contributed by atoms with Crippen molar-refractivity contribution in [2.75, 3.05) is 18.4 Å². The summed E-state index contributed by atoms with van der Waals surface area (Å²) in [5.41, 5.74) is -0.374. The van der Waals surface area contributed by atoms with Gasteiger partial charge in [0.2, 0.25) is 11.8 Å². The molecule has 150 valence electrons. The Balaban J connectivity index is 1.97. The lowest BCUT2D eigenvalue weighted by atomic mass is 10.1. The van der Waals surface area contributed by atoms with E-state index in [2.05, 4.69) is 5.32 Å². The standard InChI is InChI=1S/C20H20ClF3N2O2/c1-2-26(19(28)11-10-14-6-5-7-15(21)12-14)13-18(27)25-17-9-4-3-8-16(17)20(22,23)24/h3-9,12H,2,10-11,13H2,1H3,(H,25,27). The van der Waals surface area contributed by atoms with Crippen LogP contribution in [0.1, 0.15) is 24.5 Å². The van der Waals surface area contributed by atoms with E-state index < -0.39 is 17.6 Å². The molecular formula is C20H20ClF3N2O2. The number of carbonyl (C=O) groups excluding carboxylic acids is 2. The number of hydrogen-bond donors (Lipinski definition) is 1. The lowest BCUT2D eigenvalue weighted by molar-refractivity contribution is -0.137. The maximum Gasteiger partial charge on any atom is 0.418 e. The van der Waals surface area contributed by atoms with Crippen molar-refractivity contribution >= 4 is 29.1 Å². The molecule has 28 heavy (non-hydrogen) atoms. The maximum absolute atomic E-state index is 13.0. The van der Waals surface area contributed by atoms with E-state index in [-0.39, 0.29) is 31.1 Å². The number of rotatable bonds is 7. The van der Waals surface area contributed by atoms with Gasteiger partial charge in [0, 0.05) is 18.0 Å². The molecule has 0 saturated heterocycles. The molecule has 0 aliphatic rings. The van der Waals surface area contributed by atoms with Crippen LogP contribution in [-0.4, -0.2) is 29.8 Å². The van der Waals surface area contributed by atoms with Gasteiger partial charge >= 0.3 is 6.18 Å². The van der Waals surface area contributed by atoms with Gasteiger partial charge in [-0.3, -0.25) is 9.59 Å². The third-order valence-corrected chi connectivity index (χ3v) is 4.33. The lowest BCUT2D eigenvalue weighted by Crippen LogP contribution is -2.38. The summed E-state index contributed by atoms with van der Waals surface area (Å²) in [6, 6.07) is 11.8. The molecule has 0 aliphatic heterocycles. The Labute approximate surface area is 166 Å². The van der Waals surface area contributed by atoms with Gasteiger partial charge < -0.3 is 10.2 Å². The van der Waals surface area contributed by atoms with E-state index >= 15 is 0 Å². The summed E-state index contributed by atoms with van der Waals surface area (Å²) < 4.78 is 39.1. The molecule has 0 spiro atoms. The molecule has 2 rings (SSSR count). The predicted octanol–water partition coefficient (Wildman–Crippen LogP) is 4.78. The molecule has 2 amide bonds. The van der Waals surface area contributed by atoms with E-state index in [1.807, 2.05) is 6.07 Å². The van der Waals surface area contributed by atoms with Gasteiger partial charge in [-0.15, -0.1) is 0 Å². The average molecular weight is 413 g/mol. The Morgan fingerprint density at radius 2 is 1.82 bits per heavy atom. The van der Waals surface area contributed by atoms with Gasteiger partial charge in [0.25, 0.3) is 0 Å². The molecule has 0 unspecified atom stereocenters. The van der Waals surface area contributed by atoms with E-state index in [9.17, 15) is 22.8 Å². The molecule has 0 bridgehead atoms. The SMILES string of the molecule is CCN(CC(=O)Nc1ccccc1C(F)(F)F)C(=O)CCc1cccc(Cl)c1. The first-order valence-corrected chi connectivity index (χ1v) is 9.06. The molecule has 0 heterocycles. The van der Waals surface area contributed by atoms with Crippen LogP contribution in [0.25, 0.3) is 0 Å². The van der Waals surface area contributed by atoms with Crippen LogP contribution in [0, 0.1) is 0 Å². The Morgan fingerprint density at radius 1 is 1.11 bits per heavy atom. The topological polar surface area (TPSA) is 49.4 Å². The molecule has 4 nitrogen and oxygen atoms in total. The zero-order chi connectivity index (χ0) is 20.7. The van der Waals surface area contributed by atoms with Crippen molar-refractivity contribution in [3.63, 3.8) is 0 Å². The van der Waals surface area contributed by atoms with Gasteiger partial charge in [-0.2, -0.15) is 13.2 Å². The highest BCUT2D eigenvalue weighted by Crippen LogP contribution is 2.34. The van der Waals surface area contributed by atoms with Gasteiger partial charge in [0.15, 0.2) is 0 Å². The third-order valence-electron chi connectivity index (χ3n) is 4.09. The maximum atomic E-state index is 13.0. The minimum atomic E-state index is -4.58. The first kappa shape index (κ1) is 21.8. The smallest absolute Gasteiger partial charge is 0.334 e. The highest BCUT2D eigenvalue weighted by molar-refractivity contribution is 6.30. The second-order valence-electron chi connectivity index (χ2n) is 6.13. The Morgan fingerprint density at radius 3 is 2.46 bits per heavy atom. The second kappa shape index (κ2) is 9.59. The normalized spacial score (nSPS) is 11.2. The van der Waals surface area contributed by atoms with Crippen molar-refractivity contribution in [2.24, 2.45) is 0 Å². The average Bonchev–Trinajstić information content (AvgIpc) is 2.64. The van der Waals surface area contributed by atoms with Crippen LogP contribution in [0.15, 0.2) is 48.5 Å². The minimum Gasteiger partial charge on any atom is -0.334 e.